The molecular formula is C15H19N3O2. The smallest absolute Gasteiger partial charge is 0.335 e. The molecule has 0 bridgehead atoms. The molecule has 0 atom stereocenters. The molecule has 0 amide bonds. The van der Waals surface area contributed by atoms with Crippen LogP contribution in [0.25, 0.3) is 0 Å². The summed E-state index contributed by atoms with van der Waals surface area (Å²) in [6, 6.07) is 6.91. The quantitative estimate of drug-likeness (QED) is 0.812. The monoisotopic (exact) mass is 273 g/mol. The van der Waals surface area contributed by atoms with Crippen LogP contribution < -0.4 is 5.32 Å². The van der Waals surface area contributed by atoms with Crippen molar-refractivity contribution < 1.29 is 9.90 Å². The van der Waals surface area contributed by atoms with Crippen LogP contribution >= 0.6 is 0 Å². The minimum Gasteiger partial charge on any atom is -0.478 e. The number of carboxylic acids is 1. The van der Waals surface area contributed by atoms with E-state index in [4.69, 9.17) is 5.11 Å². The Bertz CT molecular complexity index is 561. The van der Waals surface area contributed by atoms with Crippen LogP contribution in [0.15, 0.2) is 36.7 Å². The molecular weight excluding hydrogens is 254 g/mol. The Kier molecular flexibility index (Phi) is 4.90. The lowest BCUT2D eigenvalue weighted by molar-refractivity contribution is 0.0697. The predicted octanol–water partition coefficient (Wildman–Crippen LogP) is 2.28. The first kappa shape index (κ1) is 14.3. The molecule has 2 rings (SSSR count). The number of hydrogen-bond acceptors (Lipinski definition) is 3. The molecule has 106 valence electrons. The average molecular weight is 273 g/mol. The number of carbonyl (C=O) groups is 1. The van der Waals surface area contributed by atoms with Gasteiger partial charge in [0.1, 0.15) is 0 Å². The molecule has 0 saturated carbocycles. The number of aromatic carboxylic acids is 1. The van der Waals surface area contributed by atoms with E-state index in [1.54, 1.807) is 12.1 Å². The molecule has 0 saturated heterocycles. The van der Waals surface area contributed by atoms with Crippen molar-refractivity contribution in [1.29, 1.82) is 0 Å². The lowest BCUT2D eigenvalue weighted by Gasteiger charge is -2.04. The second kappa shape index (κ2) is 6.86. The molecule has 0 fully saturated rings. The van der Waals surface area contributed by atoms with Crippen LogP contribution in [0, 0.1) is 0 Å². The highest BCUT2D eigenvalue weighted by molar-refractivity contribution is 5.87. The summed E-state index contributed by atoms with van der Waals surface area (Å²) in [5.41, 5.74) is 2.53. The van der Waals surface area contributed by atoms with E-state index in [1.165, 1.54) is 0 Å². The zero-order valence-electron chi connectivity index (χ0n) is 11.5. The number of benzene rings is 1. The van der Waals surface area contributed by atoms with Crippen molar-refractivity contribution in [2.24, 2.45) is 0 Å². The largest absolute Gasteiger partial charge is 0.478 e. The van der Waals surface area contributed by atoms with Gasteiger partial charge in [-0.2, -0.15) is 5.10 Å². The number of nitrogens with zero attached hydrogens (tertiary/aromatic N) is 2. The molecule has 1 heterocycles. The summed E-state index contributed by atoms with van der Waals surface area (Å²) in [6.45, 7) is 4.53. The van der Waals surface area contributed by atoms with Crippen LogP contribution in [-0.2, 0) is 19.6 Å². The van der Waals surface area contributed by atoms with Gasteiger partial charge in [0.05, 0.1) is 11.8 Å². The van der Waals surface area contributed by atoms with E-state index in [0.717, 1.165) is 30.6 Å². The Labute approximate surface area is 118 Å². The maximum atomic E-state index is 10.7. The van der Waals surface area contributed by atoms with Crippen LogP contribution in [0.5, 0.6) is 0 Å². The molecule has 5 nitrogen and oxygen atoms in total. The Morgan fingerprint density at radius 1 is 1.25 bits per heavy atom. The third kappa shape index (κ3) is 3.93. The Morgan fingerprint density at radius 3 is 2.60 bits per heavy atom. The first-order valence-electron chi connectivity index (χ1n) is 6.73. The van der Waals surface area contributed by atoms with Crippen molar-refractivity contribution in [3.8, 4) is 0 Å². The number of hydrogen-bond donors (Lipinski definition) is 2. The second-order valence-electron chi connectivity index (χ2n) is 4.72. The molecule has 1 aromatic carbocycles. The first-order valence-corrected chi connectivity index (χ1v) is 6.73. The van der Waals surface area contributed by atoms with E-state index < -0.39 is 5.97 Å². The Hall–Kier alpha value is -2.14. The molecule has 0 aliphatic carbocycles. The zero-order valence-corrected chi connectivity index (χ0v) is 11.5. The minimum atomic E-state index is -0.896. The molecule has 2 aromatic rings. The van der Waals surface area contributed by atoms with Crippen molar-refractivity contribution in [2.75, 3.05) is 0 Å². The topological polar surface area (TPSA) is 67.2 Å². The fourth-order valence-corrected chi connectivity index (χ4v) is 1.97. The third-order valence-corrected chi connectivity index (χ3v) is 3.00. The van der Waals surface area contributed by atoms with Crippen molar-refractivity contribution in [3.05, 3.63) is 53.3 Å². The minimum absolute atomic E-state index is 0.314. The fraction of sp³-hybridized carbons (Fsp3) is 0.333. The molecule has 20 heavy (non-hydrogen) atoms. The van der Waals surface area contributed by atoms with E-state index in [2.05, 4.69) is 17.3 Å². The summed E-state index contributed by atoms with van der Waals surface area (Å²) in [6.07, 6.45) is 4.99. The number of rotatable bonds is 7. The van der Waals surface area contributed by atoms with Crippen molar-refractivity contribution >= 4 is 5.97 Å². The van der Waals surface area contributed by atoms with Crippen LogP contribution in [0.4, 0.5) is 0 Å². The molecule has 0 radical (unpaired) electrons. The Balaban J connectivity index is 1.81. The molecule has 0 spiro atoms. The maximum Gasteiger partial charge on any atom is 0.335 e. The van der Waals surface area contributed by atoms with Gasteiger partial charge >= 0.3 is 5.97 Å². The van der Waals surface area contributed by atoms with Crippen molar-refractivity contribution in [2.45, 2.75) is 33.0 Å². The van der Waals surface area contributed by atoms with Gasteiger partial charge in [0.25, 0.3) is 0 Å². The molecule has 0 aliphatic rings. The number of aromatic nitrogens is 2. The highest BCUT2D eigenvalue weighted by atomic mass is 16.4. The maximum absolute atomic E-state index is 10.7. The zero-order chi connectivity index (χ0) is 14.4. The molecule has 5 heteroatoms. The molecule has 0 unspecified atom stereocenters. The molecule has 0 aliphatic heterocycles. The van der Waals surface area contributed by atoms with Gasteiger partial charge < -0.3 is 10.4 Å². The standard InChI is InChI=1S/C15H19N3O2/c1-2-7-18-11-13(10-17-18)9-16-8-12-3-5-14(6-4-12)15(19)20/h3-6,10-11,16H,2,7-9H2,1H3,(H,19,20). The second-order valence-corrected chi connectivity index (χ2v) is 4.72. The fourth-order valence-electron chi connectivity index (χ4n) is 1.97. The van der Waals surface area contributed by atoms with Gasteiger partial charge in [-0.3, -0.25) is 4.68 Å². The van der Waals surface area contributed by atoms with Crippen molar-refractivity contribution in [3.63, 3.8) is 0 Å². The summed E-state index contributed by atoms with van der Waals surface area (Å²) in [5, 5.41) is 16.4. The van der Waals surface area contributed by atoms with Gasteiger partial charge in [0.15, 0.2) is 0 Å². The summed E-state index contributed by atoms with van der Waals surface area (Å²) < 4.78 is 1.94. The molecule has 2 N–H and O–H groups in total. The van der Waals surface area contributed by atoms with Gasteiger partial charge in [0.2, 0.25) is 0 Å². The van der Waals surface area contributed by atoms with E-state index >= 15 is 0 Å². The van der Waals surface area contributed by atoms with Crippen LogP contribution in [0.1, 0.15) is 34.8 Å². The highest BCUT2D eigenvalue weighted by Crippen LogP contribution is 2.05. The summed E-state index contributed by atoms with van der Waals surface area (Å²) in [5.74, 6) is -0.896. The van der Waals surface area contributed by atoms with Gasteiger partial charge in [-0.1, -0.05) is 19.1 Å². The predicted molar refractivity (Wildman–Crippen MR) is 76.5 cm³/mol. The normalized spacial score (nSPS) is 10.7. The first-order chi connectivity index (χ1) is 9.69. The van der Waals surface area contributed by atoms with Crippen LogP contribution in [0.3, 0.4) is 0 Å². The third-order valence-electron chi connectivity index (χ3n) is 3.00. The summed E-state index contributed by atoms with van der Waals surface area (Å²) in [7, 11) is 0. The average Bonchev–Trinajstić information content (AvgIpc) is 2.87. The van der Waals surface area contributed by atoms with E-state index in [0.29, 0.717) is 12.1 Å². The van der Waals surface area contributed by atoms with Gasteiger partial charge in [-0.25, -0.2) is 4.79 Å². The van der Waals surface area contributed by atoms with Gasteiger partial charge in [0, 0.05) is 31.4 Å². The lowest BCUT2D eigenvalue weighted by atomic mass is 10.1. The highest BCUT2D eigenvalue weighted by Gasteiger charge is 2.02. The summed E-state index contributed by atoms with van der Waals surface area (Å²) >= 11 is 0. The lowest BCUT2D eigenvalue weighted by Crippen LogP contribution is -2.12. The van der Waals surface area contributed by atoms with Gasteiger partial charge in [-0.15, -0.1) is 0 Å². The van der Waals surface area contributed by atoms with E-state index in [-0.39, 0.29) is 0 Å². The SMILES string of the molecule is CCCn1cc(CNCc2ccc(C(=O)O)cc2)cn1. The summed E-state index contributed by atoms with van der Waals surface area (Å²) in [4.78, 5) is 10.7. The Morgan fingerprint density at radius 2 is 1.95 bits per heavy atom. The van der Waals surface area contributed by atoms with Gasteiger partial charge in [-0.05, 0) is 24.1 Å². The number of nitrogens with one attached hydrogen (secondary N) is 1. The number of aryl methyl sites for hydroxylation is 1. The number of carboxylic acid groups (broad SMARTS) is 1. The van der Waals surface area contributed by atoms with Crippen molar-refractivity contribution in [1.82, 2.24) is 15.1 Å². The molecule has 1 aromatic heterocycles. The van der Waals surface area contributed by atoms with Crippen LogP contribution in [-0.4, -0.2) is 20.9 Å². The van der Waals surface area contributed by atoms with Crippen LogP contribution in [0.2, 0.25) is 0 Å². The van der Waals surface area contributed by atoms with E-state index in [9.17, 15) is 4.79 Å². The van der Waals surface area contributed by atoms with E-state index in [1.807, 2.05) is 29.2 Å².